The van der Waals surface area contributed by atoms with Crippen LogP contribution >= 0.6 is 11.6 Å². The smallest absolute Gasteiger partial charge is 0.255 e. The molecule has 0 unspecified atom stereocenters. The molecule has 0 spiro atoms. The number of nitriles is 1. The first-order valence-electron chi connectivity index (χ1n) is 7.53. The lowest BCUT2D eigenvalue weighted by molar-refractivity contribution is 0.102. The van der Waals surface area contributed by atoms with E-state index in [1.54, 1.807) is 30.3 Å². The third-order valence-corrected chi connectivity index (χ3v) is 4.14. The van der Waals surface area contributed by atoms with Crippen molar-refractivity contribution in [3.63, 3.8) is 0 Å². The van der Waals surface area contributed by atoms with Crippen LogP contribution in [0.15, 0.2) is 42.5 Å². The molecular weight excluding hydrogens is 310 g/mol. The maximum absolute atomic E-state index is 12.5. The zero-order chi connectivity index (χ0) is 16.2. The highest BCUT2D eigenvalue weighted by Crippen LogP contribution is 2.31. The van der Waals surface area contributed by atoms with Crippen LogP contribution in [0.5, 0.6) is 0 Å². The predicted octanol–water partition coefficient (Wildman–Crippen LogP) is 4.06. The fourth-order valence-electron chi connectivity index (χ4n) is 2.77. The van der Waals surface area contributed by atoms with Crippen LogP contribution in [-0.2, 0) is 0 Å². The number of amides is 1. The van der Waals surface area contributed by atoms with Crippen molar-refractivity contribution < 1.29 is 4.79 Å². The minimum absolute atomic E-state index is 0.246. The molecule has 1 fully saturated rings. The Bertz CT molecular complexity index is 776. The monoisotopic (exact) mass is 325 g/mol. The summed E-state index contributed by atoms with van der Waals surface area (Å²) in [5.74, 6) is -0.246. The highest BCUT2D eigenvalue weighted by Gasteiger charge is 2.18. The molecule has 3 rings (SSSR count). The van der Waals surface area contributed by atoms with Gasteiger partial charge in [0.15, 0.2) is 0 Å². The van der Waals surface area contributed by atoms with E-state index in [9.17, 15) is 4.79 Å². The molecule has 1 aliphatic rings. The molecule has 0 atom stereocenters. The number of hydrogen-bond donors (Lipinski definition) is 1. The van der Waals surface area contributed by atoms with E-state index >= 15 is 0 Å². The van der Waals surface area contributed by atoms with Crippen LogP contribution in [0.4, 0.5) is 11.4 Å². The van der Waals surface area contributed by atoms with Gasteiger partial charge < -0.3 is 10.2 Å². The van der Waals surface area contributed by atoms with Crippen LogP contribution < -0.4 is 10.2 Å². The molecule has 23 heavy (non-hydrogen) atoms. The number of halogens is 1. The molecule has 2 aromatic rings. The molecule has 1 aliphatic heterocycles. The highest BCUT2D eigenvalue weighted by molar-refractivity contribution is 6.31. The van der Waals surface area contributed by atoms with E-state index < -0.39 is 0 Å². The lowest BCUT2D eigenvalue weighted by atomic mass is 10.1. The van der Waals surface area contributed by atoms with Gasteiger partial charge in [0.1, 0.15) is 0 Å². The molecule has 1 saturated heterocycles. The summed E-state index contributed by atoms with van der Waals surface area (Å²) >= 11 is 6.09. The Hall–Kier alpha value is -2.51. The second-order valence-electron chi connectivity index (χ2n) is 5.50. The van der Waals surface area contributed by atoms with E-state index in [0.29, 0.717) is 21.8 Å². The summed E-state index contributed by atoms with van der Waals surface area (Å²) in [5.41, 5.74) is 2.60. The number of nitrogens with one attached hydrogen (secondary N) is 1. The third-order valence-electron chi connectivity index (χ3n) is 3.91. The number of rotatable bonds is 3. The van der Waals surface area contributed by atoms with Gasteiger partial charge in [-0.1, -0.05) is 17.7 Å². The molecule has 2 aromatic carbocycles. The number of hydrogen-bond acceptors (Lipinski definition) is 3. The molecule has 116 valence electrons. The quantitative estimate of drug-likeness (QED) is 0.925. The van der Waals surface area contributed by atoms with E-state index in [4.69, 9.17) is 16.9 Å². The summed E-state index contributed by atoms with van der Waals surface area (Å²) in [5, 5.41) is 12.5. The summed E-state index contributed by atoms with van der Waals surface area (Å²) in [6, 6.07) is 14.2. The maximum Gasteiger partial charge on any atom is 0.255 e. The van der Waals surface area contributed by atoms with Crippen molar-refractivity contribution >= 4 is 28.9 Å². The van der Waals surface area contributed by atoms with Gasteiger partial charge >= 0.3 is 0 Å². The Morgan fingerprint density at radius 3 is 2.70 bits per heavy atom. The largest absolute Gasteiger partial charge is 0.370 e. The number of anilines is 2. The molecule has 0 bridgehead atoms. The zero-order valence-corrected chi connectivity index (χ0v) is 13.3. The van der Waals surface area contributed by atoms with E-state index in [-0.39, 0.29) is 5.91 Å². The SMILES string of the molecule is N#Cc1cccc(C(=O)Nc2cc(Cl)ccc2N2CCCC2)c1. The van der Waals surface area contributed by atoms with Crippen LogP contribution in [0.2, 0.25) is 5.02 Å². The van der Waals surface area contributed by atoms with E-state index in [1.807, 2.05) is 18.2 Å². The Balaban J connectivity index is 1.88. The summed E-state index contributed by atoms with van der Waals surface area (Å²) in [4.78, 5) is 14.7. The van der Waals surface area contributed by atoms with Gasteiger partial charge in [-0.3, -0.25) is 4.79 Å². The maximum atomic E-state index is 12.5. The van der Waals surface area contributed by atoms with Crippen LogP contribution in [0, 0.1) is 11.3 Å². The van der Waals surface area contributed by atoms with Crippen molar-refractivity contribution in [2.24, 2.45) is 0 Å². The van der Waals surface area contributed by atoms with Gasteiger partial charge in [0.25, 0.3) is 5.91 Å². The second kappa shape index (κ2) is 6.72. The fourth-order valence-corrected chi connectivity index (χ4v) is 2.94. The summed E-state index contributed by atoms with van der Waals surface area (Å²) in [7, 11) is 0. The highest BCUT2D eigenvalue weighted by atomic mass is 35.5. The number of carbonyl (C=O) groups is 1. The minimum atomic E-state index is -0.246. The third kappa shape index (κ3) is 3.46. The zero-order valence-electron chi connectivity index (χ0n) is 12.6. The van der Waals surface area contributed by atoms with Gasteiger partial charge in [-0.05, 0) is 49.2 Å². The van der Waals surface area contributed by atoms with Crippen molar-refractivity contribution in [2.75, 3.05) is 23.3 Å². The summed E-state index contributed by atoms with van der Waals surface area (Å²) < 4.78 is 0. The standard InChI is InChI=1S/C18H16ClN3O/c19-15-6-7-17(22-8-1-2-9-22)16(11-15)21-18(23)14-5-3-4-13(10-14)12-20/h3-7,10-11H,1-2,8-9H2,(H,21,23). The van der Waals surface area contributed by atoms with Crippen molar-refractivity contribution in [2.45, 2.75) is 12.8 Å². The van der Waals surface area contributed by atoms with Gasteiger partial charge in [-0.25, -0.2) is 0 Å². The van der Waals surface area contributed by atoms with Crippen LogP contribution in [-0.4, -0.2) is 19.0 Å². The number of benzene rings is 2. The Morgan fingerprint density at radius 2 is 1.96 bits per heavy atom. The first-order chi connectivity index (χ1) is 11.2. The van der Waals surface area contributed by atoms with Gasteiger partial charge in [-0.2, -0.15) is 5.26 Å². The summed E-state index contributed by atoms with van der Waals surface area (Å²) in [6.07, 6.45) is 2.31. The lowest BCUT2D eigenvalue weighted by Gasteiger charge is -2.22. The van der Waals surface area contributed by atoms with Gasteiger partial charge in [-0.15, -0.1) is 0 Å². The number of carbonyl (C=O) groups excluding carboxylic acids is 1. The minimum Gasteiger partial charge on any atom is -0.370 e. The Labute approximate surface area is 140 Å². The van der Waals surface area contributed by atoms with Crippen molar-refractivity contribution in [1.82, 2.24) is 0 Å². The molecule has 1 N–H and O–H groups in total. The molecule has 1 amide bonds. The second-order valence-corrected chi connectivity index (χ2v) is 5.94. The molecule has 4 nitrogen and oxygen atoms in total. The average molecular weight is 326 g/mol. The molecule has 0 radical (unpaired) electrons. The van der Waals surface area contributed by atoms with Gasteiger partial charge in [0, 0.05) is 23.7 Å². The van der Waals surface area contributed by atoms with Crippen molar-refractivity contribution in [3.05, 3.63) is 58.6 Å². The van der Waals surface area contributed by atoms with E-state index in [0.717, 1.165) is 31.6 Å². The van der Waals surface area contributed by atoms with Crippen LogP contribution in [0.25, 0.3) is 0 Å². The topological polar surface area (TPSA) is 56.1 Å². The van der Waals surface area contributed by atoms with E-state index in [1.165, 1.54) is 0 Å². The Morgan fingerprint density at radius 1 is 1.17 bits per heavy atom. The van der Waals surface area contributed by atoms with Crippen LogP contribution in [0.3, 0.4) is 0 Å². The van der Waals surface area contributed by atoms with Gasteiger partial charge in [0.05, 0.1) is 23.0 Å². The molecule has 0 aromatic heterocycles. The fraction of sp³-hybridized carbons (Fsp3) is 0.222. The molecule has 0 saturated carbocycles. The normalized spacial score (nSPS) is 13.7. The van der Waals surface area contributed by atoms with Crippen molar-refractivity contribution in [3.8, 4) is 6.07 Å². The Kier molecular flexibility index (Phi) is 4.50. The molecule has 5 heteroatoms. The average Bonchev–Trinajstić information content (AvgIpc) is 3.09. The molecule has 0 aliphatic carbocycles. The molecular formula is C18H16ClN3O. The lowest BCUT2D eigenvalue weighted by Crippen LogP contribution is -2.21. The van der Waals surface area contributed by atoms with Gasteiger partial charge in [0.2, 0.25) is 0 Å². The molecule has 1 heterocycles. The van der Waals surface area contributed by atoms with E-state index in [2.05, 4.69) is 10.2 Å². The van der Waals surface area contributed by atoms with Crippen LogP contribution in [0.1, 0.15) is 28.8 Å². The predicted molar refractivity (Wildman–Crippen MR) is 92.0 cm³/mol. The van der Waals surface area contributed by atoms with Crippen molar-refractivity contribution in [1.29, 1.82) is 5.26 Å². The first kappa shape index (κ1) is 15.4. The summed E-state index contributed by atoms with van der Waals surface area (Å²) in [6.45, 7) is 1.96. The number of nitrogens with zero attached hydrogens (tertiary/aromatic N) is 2. The first-order valence-corrected chi connectivity index (χ1v) is 7.91.